The Labute approximate surface area is 176 Å². The van der Waals surface area contributed by atoms with Gasteiger partial charge >= 0.3 is 0 Å². The Hall–Kier alpha value is -1.18. The Bertz CT molecular complexity index is 690. The van der Waals surface area contributed by atoms with Gasteiger partial charge in [0.05, 0.1) is 0 Å². The summed E-state index contributed by atoms with van der Waals surface area (Å²) in [6.07, 6.45) is 19.9. The third-order valence-electron chi connectivity index (χ3n) is 8.40. The molecule has 0 nitrogen and oxygen atoms in total. The molecule has 4 rings (SSSR count). The first-order valence-electron chi connectivity index (χ1n) is 12.3. The molecule has 2 heteroatoms. The van der Waals surface area contributed by atoms with E-state index in [0.717, 1.165) is 42.1 Å². The van der Waals surface area contributed by atoms with Crippen LogP contribution in [0, 0.1) is 35.3 Å². The van der Waals surface area contributed by atoms with Crippen LogP contribution in [0.3, 0.4) is 0 Å². The summed E-state index contributed by atoms with van der Waals surface area (Å²) in [5, 5.41) is 0. The van der Waals surface area contributed by atoms with Gasteiger partial charge in [-0.25, -0.2) is 8.78 Å². The lowest BCUT2D eigenvalue weighted by Gasteiger charge is -2.39. The maximum absolute atomic E-state index is 13.6. The zero-order chi connectivity index (χ0) is 20.2. The molecular formula is C27H38F2. The predicted octanol–water partition coefficient (Wildman–Crippen LogP) is 8.57. The first-order valence-corrected chi connectivity index (χ1v) is 12.3. The van der Waals surface area contributed by atoms with Gasteiger partial charge in [-0.05, 0) is 118 Å². The maximum Gasteiger partial charge on any atom is 0.159 e. The van der Waals surface area contributed by atoms with Crippen molar-refractivity contribution < 1.29 is 8.78 Å². The minimum atomic E-state index is -0.729. The van der Waals surface area contributed by atoms with Crippen molar-refractivity contribution in [2.24, 2.45) is 23.7 Å². The number of allylic oxidation sites excluding steroid dienone is 2. The van der Waals surface area contributed by atoms with Gasteiger partial charge in [0.1, 0.15) is 0 Å². The SMILES string of the molecule is CCCC1CC=C(C2CCC(C3CCC(c4ccc(F)c(F)c4)CC3)CC2)CC1. The average Bonchev–Trinajstić information content (AvgIpc) is 2.77. The molecule has 2 saturated carbocycles. The van der Waals surface area contributed by atoms with Gasteiger partial charge in [-0.1, -0.05) is 37.5 Å². The highest BCUT2D eigenvalue weighted by Crippen LogP contribution is 2.46. The largest absolute Gasteiger partial charge is 0.204 e. The molecule has 0 aliphatic heterocycles. The van der Waals surface area contributed by atoms with Gasteiger partial charge in [-0.3, -0.25) is 0 Å². The summed E-state index contributed by atoms with van der Waals surface area (Å²) < 4.78 is 26.8. The van der Waals surface area contributed by atoms with E-state index in [4.69, 9.17) is 0 Å². The van der Waals surface area contributed by atoms with E-state index in [0.29, 0.717) is 5.92 Å². The summed E-state index contributed by atoms with van der Waals surface area (Å²) in [6, 6.07) is 4.51. The van der Waals surface area contributed by atoms with Crippen molar-refractivity contribution >= 4 is 0 Å². The lowest BCUT2D eigenvalue weighted by Crippen LogP contribution is -2.26. The third-order valence-corrected chi connectivity index (χ3v) is 8.40. The van der Waals surface area contributed by atoms with E-state index < -0.39 is 11.6 Å². The zero-order valence-electron chi connectivity index (χ0n) is 18.1. The minimum Gasteiger partial charge on any atom is -0.204 e. The normalized spacial score (nSPS) is 33.3. The van der Waals surface area contributed by atoms with Gasteiger partial charge in [0.15, 0.2) is 11.6 Å². The van der Waals surface area contributed by atoms with Gasteiger partial charge in [-0.15, -0.1) is 0 Å². The van der Waals surface area contributed by atoms with Crippen LogP contribution in [0.5, 0.6) is 0 Å². The van der Waals surface area contributed by atoms with Crippen LogP contribution in [-0.2, 0) is 0 Å². The molecule has 3 aliphatic rings. The van der Waals surface area contributed by atoms with Gasteiger partial charge < -0.3 is 0 Å². The van der Waals surface area contributed by atoms with Crippen molar-refractivity contribution in [1.82, 2.24) is 0 Å². The monoisotopic (exact) mass is 400 g/mol. The zero-order valence-corrected chi connectivity index (χ0v) is 18.1. The van der Waals surface area contributed by atoms with Crippen LogP contribution in [-0.4, -0.2) is 0 Å². The summed E-state index contributed by atoms with van der Waals surface area (Å²) in [4.78, 5) is 0. The average molecular weight is 401 g/mol. The number of hydrogen-bond donors (Lipinski definition) is 0. The van der Waals surface area contributed by atoms with Crippen LogP contribution in [0.4, 0.5) is 8.78 Å². The summed E-state index contributed by atoms with van der Waals surface area (Å²) in [6.45, 7) is 2.31. The second kappa shape index (κ2) is 9.75. The van der Waals surface area contributed by atoms with E-state index in [1.165, 1.54) is 82.8 Å². The molecule has 0 spiro atoms. The number of hydrogen-bond acceptors (Lipinski definition) is 0. The molecule has 160 valence electrons. The summed E-state index contributed by atoms with van der Waals surface area (Å²) in [7, 11) is 0. The standard InChI is InChI=1S/C27H38F2/c1-2-3-19-4-6-20(7-5-19)21-8-10-22(11-9-21)23-12-14-24(15-13-23)25-16-17-26(28)27(29)18-25/h6,16-19,21-24H,2-5,7-15H2,1H3. The molecule has 0 bridgehead atoms. The van der Waals surface area contributed by atoms with E-state index in [9.17, 15) is 8.78 Å². The fourth-order valence-electron chi connectivity index (χ4n) is 6.60. The van der Waals surface area contributed by atoms with Gasteiger partial charge in [0.25, 0.3) is 0 Å². The molecule has 1 aromatic carbocycles. The molecule has 0 radical (unpaired) electrons. The van der Waals surface area contributed by atoms with Gasteiger partial charge in [0.2, 0.25) is 0 Å². The van der Waals surface area contributed by atoms with Crippen molar-refractivity contribution in [2.45, 2.75) is 96.3 Å². The van der Waals surface area contributed by atoms with Gasteiger partial charge in [0, 0.05) is 0 Å². The van der Waals surface area contributed by atoms with Crippen molar-refractivity contribution in [3.05, 3.63) is 47.0 Å². The van der Waals surface area contributed by atoms with Crippen LogP contribution < -0.4 is 0 Å². The Morgan fingerprint density at radius 2 is 1.45 bits per heavy atom. The highest BCUT2D eigenvalue weighted by Gasteiger charge is 2.32. The van der Waals surface area contributed by atoms with Crippen molar-refractivity contribution in [2.75, 3.05) is 0 Å². The first kappa shape index (κ1) is 21.1. The number of halogens is 2. The summed E-state index contributed by atoms with van der Waals surface area (Å²) in [5.41, 5.74) is 2.79. The number of benzene rings is 1. The lowest BCUT2D eigenvalue weighted by molar-refractivity contribution is 0.167. The molecule has 29 heavy (non-hydrogen) atoms. The van der Waals surface area contributed by atoms with Crippen molar-refractivity contribution in [3.8, 4) is 0 Å². The molecule has 0 amide bonds. The second-order valence-corrected chi connectivity index (χ2v) is 10.1. The molecule has 3 aliphatic carbocycles. The molecule has 1 aromatic rings. The van der Waals surface area contributed by atoms with E-state index >= 15 is 0 Å². The van der Waals surface area contributed by atoms with E-state index in [2.05, 4.69) is 13.0 Å². The molecule has 1 atom stereocenters. The fourth-order valence-corrected chi connectivity index (χ4v) is 6.60. The molecule has 1 unspecified atom stereocenters. The Morgan fingerprint density at radius 1 is 0.793 bits per heavy atom. The topological polar surface area (TPSA) is 0 Å². The molecule has 0 saturated heterocycles. The van der Waals surface area contributed by atoms with Crippen LogP contribution in [0.2, 0.25) is 0 Å². The highest BCUT2D eigenvalue weighted by atomic mass is 19.2. The molecule has 0 aromatic heterocycles. The molecule has 0 N–H and O–H groups in total. The fraction of sp³-hybridized carbons (Fsp3) is 0.704. The summed E-state index contributed by atoms with van der Waals surface area (Å²) in [5.74, 6) is 2.56. The Kier molecular flexibility index (Phi) is 7.08. The minimum absolute atomic E-state index is 0.418. The first-order chi connectivity index (χ1) is 14.1. The van der Waals surface area contributed by atoms with Crippen LogP contribution in [0.15, 0.2) is 29.8 Å². The highest BCUT2D eigenvalue weighted by molar-refractivity contribution is 5.22. The van der Waals surface area contributed by atoms with E-state index in [-0.39, 0.29) is 0 Å². The van der Waals surface area contributed by atoms with Crippen LogP contribution >= 0.6 is 0 Å². The van der Waals surface area contributed by atoms with Crippen molar-refractivity contribution in [1.29, 1.82) is 0 Å². The molecule has 0 heterocycles. The number of rotatable bonds is 5. The Morgan fingerprint density at radius 3 is 2.00 bits per heavy atom. The molecular weight excluding hydrogens is 362 g/mol. The maximum atomic E-state index is 13.6. The van der Waals surface area contributed by atoms with Crippen LogP contribution in [0.25, 0.3) is 0 Å². The quantitative estimate of drug-likeness (QED) is 0.434. The lowest BCUT2D eigenvalue weighted by atomic mass is 9.66. The Balaban J connectivity index is 1.23. The van der Waals surface area contributed by atoms with Crippen LogP contribution in [0.1, 0.15) is 102 Å². The second-order valence-electron chi connectivity index (χ2n) is 10.1. The van der Waals surface area contributed by atoms with Crippen molar-refractivity contribution in [3.63, 3.8) is 0 Å². The molecule has 2 fully saturated rings. The summed E-state index contributed by atoms with van der Waals surface area (Å²) >= 11 is 0. The predicted molar refractivity (Wildman–Crippen MR) is 117 cm³/mol. The van der Waals surface area contributed by atoms with Gasteiger partial charge in [-0.2, -0.15) is 0 Å². The third kappa shape index (κ3) is 5.12. The van der Waals surface area contributed by atoms with E-state index in [1.807, 2.05) is 0 Å². The smallest absolute Gasteiger partial charge is 0.159 e. The van der Waals surface area contributed by atoms with E-state index in [1.54, 1.807) is 11.6 Å².